The topological polar surface area (TPSA) is 182 Å². The van der Waals surface area contributed by atoms with Gasteiger partial charge >= 0.3 is 15.2 Å². The van der Waals surface area contributed by atoms with Gasteiger partial charge in [-0.3, -0.25) is 9.13 Å². The number of halogens is 4. The Bertz CT molecular complexity index is 4720. The van der Waals surface area contributed by atoms with Crippen LogP contribution < -0.4 is 18.3 Å². The summed E-state index contributed by atoms with van der Waals surface area (Å²) in [6.45, 7) is 1.29. The molecule has 4 N–H and O–H groups in total. The van der Waals surface area contributed by atoms with E-state index in [-0.39, 0.29) is 22.8 Å². The molecule has 0 atom stereocenters. The normalized spacial score (nSPS) is 11.7. The van der Waals surface area contributed by atoms with Gasteiger partial charge < -0.3 is 19.6 Å². The van der Waals surface area contributed by atoms with E-state index in [1.54, 1.807) is 49.1 Å². The number of nitrogens with zero attached hydrogens (tertiary/aromatic N) is 8. The summed E-state index contributed by atoms with van der Waals surface area (Å²) >= 11 is 0. The van der Waals surface area contributed by atoms with Crippen LogP contribution in [0.1, 0.15) is 11.1 Å². The van der Waals surface area contributed by atoms with Crippen LogP contribution in [-0.2, 0) is 34.8 Å². The zero-order chi connectivity index (χ0) is 65.1. The summed E-state index contributed by atoms with van der Waals surface area (Å²) in [5.74, 6) is -2.82. The average molecular weight is 1290 g/mol. The SMILES string of the molecule is O=P(O)(O)C[n+]1ccc(-c2ccc(-c3cc(-c4ccc(-c5cc[n+](Cc6cccc(C[n+]7ccc(-c8ccc(-c9cc(-c%10ccc(-c%11cc[n+](CP(=O)(O)O)cc%11)cc%10)nc(-c%10ccc(F)cc%10F)n9)cc8)cc7)c6)cc5)cc4)nc(-c4ccc(F)cc4F)n3)cc2)cc1. The molecule has 0 saturated carbocycles. The molecular formula is C74H56F4N8O6P2+4. The van der Waals surface area contributed by atoms with Crippen molar-refractivity contribution in [2.75, 3.05) is 0 Å². The van der Waals surface area contributed by atoms with E-state index in [2.05, 4.69) is 57.7 Å². The van der Waals surface area contributed by atoms with Gasteiger partial charge in [0.05, 0.1) is 33.9 Å². The molecule has 94 heavy (non-hydrogen) atoms. The number of aromatic nitrogens is 8. The lowest BCUT2D eigenvalue weighted by Crippen LogP contribution is -2.34. The van der Waals surface area contributed by atoms with Crippen molar-refractivity contribution in [3.8, 4) is 112 Å². The first-order valence-corrected chi connectivity index (χ1v) is 33.2. The van der Waals surface area contributed by atoms with E-state index in [4.69, 9.17) is 19.9 Å². The second-order valence-corrected chi connectivity index (χ2v) is 25.9. The van der Waals surface area contributed by atoms with E-state index >= 15 is 8.78 Å². The monoisotopic (exact) mass is 1290 g/mol. The van der Waals surface area contributed by atoms with Gasteiger partial charge in [-0.2, -0.15) is 9.13 Å². The summed E-state index contributed by atoms with van der Waals surface area (Å²) in [6.07, 6.45) is 13.8. The van der Waals surface area contributed by atoms with Crippen molar-refractivity contribution in [1.29, 1.82) is 0 Å². The van der Waals surface area contributed by atoms with Crippen LogP contribution in [0.15, 0.2) is 268 Å². The molecule has 13 aromatic rings. The maximum atomic E-state index is 15.3. The predicted molar refractivity (Wildman–Crippen MR) is 348 cm³/mol. The first kappa shape index (κ1) is 62.1. The van der Waals surface area contributed by atoms with Gasteiger partial charge in [-0.1, -0.05) is 115 Å². The second kappa shape index (κ2) is 26.5. The van der Waals surface area contributed by atoms with Gasteiger partial charge in [0, 0.05) is 94.0 Å². The third kappa shape index (κ3) is 15.0. The number of pyridine rings is 4. The average Bonchev–Trinajstić information content (AvgIpc) is 0.890. The third-order valence-electron chi connectivity index (χ3n) is 15.8. The molecule has 13 rings (SSSR count). The van der Waals surface area contributed by atoms with E-state index in [1.165, 1.54) is 33.4 Å². The number of rotatable bonds is 18. The van der Waals surface area contributed by atoms with E-state index in [9.17, 15) is 37.5 Å². The molecule has 20 heteroatoms. The molecule has 6 aromatic heterocycles. The molecule has 0 bridgehead atoms. The van der Waals surface area contributed by atoms with Crippen LogP contribution in [0.3, 0.4) is 0 Å². The van der Waals surface area contributed by atoms with Crippen molar-refractivity contribution in [2.45, 2.75) is 25.7 Å². The molecule has 0 spiro atoms. The summed E-state index contributed by atoms with van der Waals surface area (Å²) in [5, 5.41) is 0. The maximum Gasteiger partial charge on any atom is 0.390 e. The van der Waals surface area contributed by atoms with Crippen LogP contribution >= 0.6 is 15.2 Å². The Morgan fingerprint density at radius 2 is 0.553 bits per heavy atom. The molecule has 0 radical (unpaired) electrons. The summed E-state index contributed by atoms with van der Waals surface area (Å²) in [6, 6.07) is 65.1. The fraction of sp³-hybridized carbons (Fsp3) is 0.0541. The number of benzene rings is 7. The smallest absolute Gasteiger partial charge is 0.320 e. The maximum absolute atomic E-state index is 15.3. The second-order valence-electron chi connectivity index (χ2n) is 22.6. The Labute approximate surface area is 537 Å². The molecular weight excluding hydrogens is 1230 g/mol. The molecule has 0 unspecified atom stereocenters. The predicted octanol–water partition coefficient (Wildman–Crippen LogP) is 14.0. The van der Waals surface area contributed by atoms with Gasteiger partial charge in [0.15, 0.2) is 74.3 Å². The highest BCUT2D eigenvalue weighted by atomic mass is 31.2. The molecule has 0 aliphatic rings. The minimum atomic E-state index is -4.24. The Balaban J connectivity index is 0.666. The lowest BCUT2D eigenvalue weighted by atomic mass is 10.0. The minimum absolute atomic E-state index is 0.0531. The van der Waals surface area contributed by atoms with E-state index < -0.39 is 51.0 Å². The highest BCUT2D eigenvalue weighted by Gasteiger charge is 2.23. The van der Waals surface area contributed by atoms with Crippen molar-refractivity contribution in [3.63, 3.8) is 0 Å². The van der Waals surface area contributed by atoms with Crippen molar-refractivity contribution in [2.24, 2.45) is 0 Å². The zero-order valence-electron chi connectivity index (χ0n) is 49.8. The molecule has 0 aliphatic heterocycles. The first-order valence-electron chi connectivity index (χ1n) is 29.6. The third-order valence-corrected chi connectivity index (χ3v) is 17.2. The summed E-state index contributed by atoms with van der Waals surface area (Å²) < 4.78 is 88.8. The molecule has 0 aliphatic carbocycles. The van der Waals surface area contributed by atoms with Crippen molar-refractivity contribution >= 4 is 15.2 Å². The highest BCUT2D eigenvalue weighted by molar-refractivity contribution is 7.50. The first-order chi connectivity index (χ1) is 45.3. The zero-order valence-corrected chi connectivity index (χ0v) is 51.6. The van der Waals surface area contributed by atoms with Crippen LogP contribution in [0.5, 0.6) is 0 Å². The van der Waals surface area contributed by atoms with Gasteiger partial charge in [0.1, 0.15) is 23.3 Å². The lowest BCUT2D eigenvalue weighted by molar-refractivity contribution is -0.689. The van der Waals surface area contributed by atoms with Gasteiger partial charge in [-0.15, -0.1) is 0 Å². The van der Waals surface area contributed by atoms with Gasteiger partial charge in [0.2, 0.25) is 12.6 Å². The molecule has 0 fully saturated rings. The molecule has 7 aromatic carbocycles. The van der Waals surface area contributed by atoms with Crippen LogP contribution in [0.2, 0.25) is 0 Å². The summed E-state index contributed by atoms with van der Waals surface area (Å²) in [5.41, 5.74) is 14.8. The van der Waals surface area contributed by atoms with Crippen LogP contribution in [0.25, 0.3) is 112 Å². The fourth-order valence-corrected chi connectivity index (χ4v) is 12.3. The van der Waals surface area contributed by atoms with Gasteiger partial charge in [-0.05, 0) is 87.0 Å². The van der Waals surface area contributed by atoms with Crippen LogP contribution in [-0.4, -0.2) is 39.5 Å². The Morgan fingerprint density at radius 1 is 0.298 bits per heavy atom. The molecule has 6 heterocycles. The standard InChI is InChI=1S/C74H52F4N8O6P2/c75-63-20-22-65(67(77)41-63)73-79-69(43-71(81-73)61-16-8-53(9-17-61)57-28-36-85(37-29-57)47-93(87,88)89)59-12-4-51(5-13-59)55-24-32-83(33-25-55)45-49-2-1-3-50(40-49)46-84-34-26-56(27-35-84)52-6-14-60(15-7-52)70-44-72(82-74(80-70)66-23-21-64(76)42-68(66)78)62-18-10-54(11-19-62)58-30-38-86(39-31-58)48-94(90,91)92/h1-44H,45-48H2/p+4. The van der Waals surface area contributed by atoms with Gasteiger partial charge in [0.25, 0.3) is 0 Å². The number of hydrogen-bond donors (Lipinski definition) is 4. The van der Waals surface area contributed by atoms with Crippen molar-refractivity contribution in [3.05, 3.63) is 302 Å². The van der Waals surface area contributed by atoms with E-state index in [0.29, 0.717) is 35.9 Å². The quantitative estimate of drug-likeness (QED) is 0.0367. The number of hydrogen-bond acceptors (Lipinski definition) is 6. The van der Waals surface area contributed by atoms with E-state index in [1.807, 2.05) is 134 Å². The highest BCUT2D eigenvalue weighted by Crippen LogP contribution is 2.37. The molecule has 0 amide bonds. The molecule has 462 valence electrons. The summed E-state index contributed by atoms with van der Waals surface area (Å²) in [4.78, 5) is 56.5. The van der Waals surface area contributed by atoms with E-state index in [0.717, 1.165) is 90.0 Å². The van der Waals surface area contributed by atoms with Crippen LogP contribution in [0, 0.1) is 23.3 Å². The summed E-state index contributed by atoms with van der Waals surface area (Å²) in [7, 11) is -8.49. The Morgan fingerprint density at radius 3 is 0.819 bits per heavy atom. The van der Waals surface area contributed by atoms with Crippen molar-refractivity contribution < 1.29 is 64.5 Å². The lowest BCUT2D eigenvalue weighted by Gasteiger charge is -2.11. The minimum Gasteiger partial charge on any atom is -0.320 e. The fourth-order valence-electron chi connectivity index (χ4n) is 11.1. The Kier molecular flexibility index (Phi) is 17.5. The Hall–Kier alpha value is -10.7. The van der Waals surface area contributed by atoms with Crippen molar-refractivity contribution in [1.82, 2.24) is 19.9 Å². The van der Waals surface area contributed by atoms with Gasteiger partial charge in [-0.25, -0.2) is 46.6 Å². The molecule has 14 nitrogen and oxygen atoms in total. The molecule has 0 saturated heterocycles. The van der Waals surface area contributed by atoms with Crippen LogP contribution in [0.4, 0.5) is 17.6 Å². The largest absolute Gasteiger partial charge is 0.390 e.